The van der Waals surface area contributed by atoms with Gasteiger partial charge >= 0.3 is 0 Å². The van der Waals surface area contributed by atoms with E-state index in [1.807, 2.05) is 35.4 Å². The van der Waals surface area contributed by atoms with Gasteiger partial charge in [0.1, 0.15) is 0 Å². The summed E-state index contributed by atoms with van der Waals surface area (Å²) in [6.45, 7) is 4.05. The monoisotopic (exact) mass is 306 g/mol. The zero-order chi connectivity index (χ0) is 14.8. The number of carbonyl (C=O) groups is 1. The molecule has 2 heterocycles. The molecule has 1 aromatic carbocycles. The molecule has 5 heteroatoms. The van der Waals surface area contributed by atoms with Crippen molar-refractivity contribution < 1.29 is 9.53 Å². The Bertz CT molecular complexity index is 523. The quantitative estimate of drug-likeness (QED) is 0.780. The normalized spacial score (nSPS) is 26.5. The van der Waals surface area contributed by atoms with Crippen molar-refractivity contribution >= 4 is 17.7 Å². The highest BCUT2D eigenvalue weighted by Gasteiger charge is 2.33. The molecule has 2 aliphatic heterocycles. The van der Waals surface area contributed by atoms with E-state index in [0.29, 0.717) is 12.0 Å². The van der Waals surface area contributed by atoms with Crippen molar-refractivity contribution in [2.24, 2.45) is 5.92 Å². The lowest BCUT2D eigenvalue weighted by Crippen LogP contribution is -2.44. The van der Waals surface area contributed by atoms with E-state index < -0.39 is 0 Å². The van der Waals surface area contributed by atoms with Gasteiger partial charge in [-0.1, -0.05) is 6.07 Å². The summed E-state index contributed by atoms with van der Waals surface area (Å²) in [6, 6.07) is 8.23. The summed E-state index contributed by atoms with van der Waals surface area (Å²) >= 11 is 1.67. The molecular weight excluding hydrogens is 284 g/mol. The number of amides is 1. The smallest absolute Gasteiger partial charge is 0.253 e. The van der Waals surface area contributed by atoms with Crippen LogP contribution in [-0.2, 0) is 4.74 Å². The first-order valence-electron chi connectivity index (χ1n) is 7.38. The first-order valence-corrected chi connectivity index (χ1v) is 8.61. The fraction of sp³-hybridized carbons (Fsp3) is 0.562. The number of carbonyl (C=O) groups excluding carboxylic acids is 1. The maximum absolute atomic E-state index is 12.8. The van der Waals surface area contributed by atoms with Gasteiger partial charge < -0.3 is 9.64 Å². The predicted molar refractivity (Wildman–Crippen MR) is 84.9 cm³/mol. The van der Waals surface area contributed by atoms with E-state index >= 15 is 0 Å². The molecule has 4 nitrogen and oxygen atoms in total. The van der Waals surface area contributed by atoms with Crippen LogP contribution in [-0.4, -0.2) is 67.9 Å². The summed E-state index contributed by atoms with van der Waals surface area (Å²) in [6.07, 6.45) is 2.03. The van der Waals surface area contributed by atoms with Gasteiger partial charge in [0.05, 0.1) is 19.3 Å². The van der Waals surface area contributed by atoms with Crippen molar-refractivity contribution in [2.45, 2.75) is 10.9 Å². The molecular formula is C16H22N2O2S. The van der Waals surface area contributed by atoms with Crippen LogP contribution in [0.5, 0.6) is 0 Å². The van der Waals surface area contributed by atoms with Crippen LogP contribution in [0.1, 0.15) is 10.4 Å². The zero-order valence-electron chi connectivity index (χ0n) is 12.6. The molecule has 114 valence electrons. The molecule has 3 rings (SSSR count). The van der Waals surface area contributed by atoms with Crippen LogP contribution in [0.3, 0.4) is 0 Å². The predicted octanol–water partition coefficient (Wildman–Crippen LogP) is 1.81. The Morgan fingerprint density at radius 1 is 1.29 bits per heavy atom. The Morgan fingerprint density at radius 2 is 2.14 bits per heavy atom. The Labute approximate surface area is 130 Å². The molecule has 0 aliphatic carbocycles. The van der Waals surface area contributed by atoms with Gasteiger partial charge in [-0.25, -0.2) is 0 Å². The number of hydrogen-bond acceptors (Lipinski definition) is 4. The van der Waals surface area contributed by atoms with Gasteiger partial charge in [0.25, 0.3) is 5.91 Å². The van der Waals surface area contributed by atoms with Gasteiger partial charge in [0.2, 0.25) is 0 Å². The van der Waals surface area contributed by atoms with E-state index in [-0.39, 0.29) is 5.91 Å². The summed E-state index contributed by atoms with van der Waals surface area (Å²) in [5.74, 6) is 0.563. The van der Waals surface area contributed by atoms with Crippen LogP contribution in [0, 0.1) is 5.92 Å². The second-order valence-corrected chi connectivity index (χ2v) is 6.82. The van der Waals surface area contributed by atoms with Gasteiger partial charge in [0, 0.05) is 36.0 Å². The Morgan fingerprint density at radius 3 is 2.95 bits per heavy atom. The van der Waals surface area contributed by atoms with Crippen molar-refractivity contribution in [3.05, 3.63) is 29.8 Å². The Kier molecular flexibility index (Phi) is 4.52. The lowest BCUT2D eigenvalue weighted by atomic mass is 10.1. The van der Waals surface area contributed by atoms with Gasteiger partial charge in [-0.3, -0.25) is 9.69 Å². The third-order valence-corrected chi connectivity index (χ3v) is 5.07. The van der Waals surface area contributed by atoms with Crippen molar-refractivity contribution in [1.29, 1.82) is 0 Å². The van der Waals surface area contributed by atoms with Gasteiger partial charge in [0.15, 0.2) is 0 Å². The van der Waals surface area contributed by atoms with Crippen LogP contribution in [0.15, 0.2) is 29.2 Å². The fourth-order valence-electron chi connectivity index (χ4n) is 3.15. The molecule has 0 spiro atoms. The molecule has 0 aromatic heterocycles. The molecule has 0 N–H and O–H groups in total. The summed E-state index contributed by atoms with van der Waals surface area (Å²) in [5, 5.41) is 0. The number of nitrogens with zero attached hydrogens (tertiary/aromatic N) is 2. The third-order valence-electron chi connectivity index (χ3n) is 4.35. The van der Waals surface area contributed by atoms with Crippen LogP contribution < -0.4 is 0 Å². The molecule has 2 atom stereocenters. The Hall–Kier alpha value is -1.04. The van der Waals surface area contributed by atoms with Crippen LogP contribution in [0.2, 0.25) is 0 Å². The highest BCUT2D eigenvalue weighted by molar-refractivity contribution is 7.98. The van der Waals surface area contributed by atoms with Crippen molar-refractivity contribution in [3.8, 4) is 0 Å². The van der Waals surface area contributed by atoms with E-state index in [0.717, 1.165) is 43.3 Å². The number of fused-ring (bicyclic) bond motifs is 3. The molecule has 2 aliphatic rings. The minimum absolute atomic E-state index is 0.151. The van der Waals surface area contributed by atoms with Crippen molar-refractivity contribution in [3.63, 3.8) is 0 Å². The van der Waals surface area contributed by atoms with Gasteiger partial charge in [-0.15, -0.1) is 11.8 Å². The van der Waals surface area contributed by atoms with E-state index in [9.17, 15) is 4.79 Å². The lowest BCUT2D eigenvalue weighted by Gasteiger charge is -2.29. The zero-order valence-corrected chi connectivity index (χ0v) is 13.4. The third kappa shape index (κ3) is 3.25. The first-order chi connectivity index (χ1) is 10.2. The minimum Gasteiger partial charge on any atom is -0.379 e. The largest absolute Gasteiger partial charge is 0.379 e. The number of hydrogen-bond donors (Lipinski definition) is 0. The van der Waals surface area contributed by atoms with Crippen LogP contribution >= 0.6 is 11.8 Å². The van der Waals surface area contributed by atoms with Crippen LogP contribution in [0.4, 0.5) is 0 Å². The number of rotatable bonds is 2. The summed E-state index contributed by atoms with van der Waals surface area (Å²) in [5.41, 5.74) is 0.797. The first kappa shape index (κ1) is 14.9. The molecule has 2 saturated heterocycles. The maximum Gasteiger partial charge on any atom is 0.253 e. The van der Waals surface area contributed by atoms with E-state index in [2.05, 4.69) is 11.9 Å². The molecule has 2 fully saturated rings. The average Bonchev–Trinajstić information content (AvgIpc) is 2.75. The SMILES string of the molecule is CSc1cccc(C(=O)N2C[C@@H]3COC[C@H](C2)N(C)C3)c1. The summed E-state index contributed by atoms with van der Waals surface area (Å²) < 4.78 is 5.72. The number of ether oxygens (including phenoxy) is 1. The molecule has 1 amide bonds. The van der Waals surface area contributed by atoms with Gasteiger partial charge in [-0.2, -0.15) is 0 Å². The number of thioether (sulfide) groups is 1. The topological polar surface area (TPSA) is 32.8 Å². The van der Waals surface area contributed by atoms with Crippen LogP contribution in [0.25, 0.3) is 0 Å². The fourth-order valence-corrected chi connectivity index (χ4v) is 3.61. The van der Waals surface area contributed by atoms with E-state index in [1.54, 1.807) is 11.8 Å². The highest BCUT2D eigenvalue weighted by atomic mass is 32.2. The summed E-state index contributed by atoms with van der Waals surface area (Å²) in [7, 11) is 2.13. The second-order valence-electron chi connectivity index (χ2n) is 5.94. The minimum atomic E-state index is 0.151. The molecule has 21 heavy (non-hydrogen) atoms. The number of likely N-dealkylation sites (N-methyl/N-ethyl adjacent to an activating group) is 1. The van der Waals surface area contributed by atoms with Crippen molar-refractivity contribution in [1.82, 2.24) is 9.80 Å². The number of benzene rings is 1. The molecule has 1 aromatic rings. The summed E-state index contributed by atoms with van der Waals surface area (Å²) in [4.78, 5) is 18.3. The van der Waals surface area contributed by atoms with Crippen molar-refractivity contribution in [2.75, 3.05) is 46.2 Å². The van der Waals surface area contributed by atoms with E-state index in [4.69, 9.17) is 4.74 Å². The second kappa shape index (κ2) is 6.38. The molecule has 0 radical (unpaired) electrons. The molecule has 0 unspecified atom stereocenters. The lowest BCUT2D eigenvalue weighted by molar-refractivity contribution is 0.0433. The highest BCUT2D eigenvalue weighted by Crippen LogP contribution is 2.22. The standard InChI is InChI=1S/C16H22N2O2S/c1-17-7-12-8-18(9-14(17)11-20-10-12)16(19)13-4-3-5-15(6-13)21-2/h3-6,12,14H,7-11H2,1-2H3/t12-,14+/m1/s1. The molecule has 2 bridgehead atoms. The Balaban J connectivity index is 1.80. The van der Waals surface area contributed by atoms with E-state index in [1.165, 1.54) is 0 Å². The maximum atomic E-state index is 12.8. The molecule has 0 saturated carbocycles. The van der Waals surface area contributed by atoms with Gasteiger partial charge in [-0.05, 0) is 31.5 Å². The average molecular weight is 306 g/mol.